The second-order valence-electron chi connectivity index (χ2n) is 5.46. The average molecular weight is 299 g/mol. The van der Waals surface area contributed by atoms with Crippen LogP contribution in [0.2, 0.25) is 0 Å². The summed E-state index contributed by atoms with van der Waals surface area (Å²) in [6.45, 7) is 0. The molecular weight excluding hydrogens is 286 g/mol. The Labute approximate surface area is 132 Å². The Morgan fingerprint density at radius 2 is 1.30 bits per heavy atom. The van der Waals surface area contributed by atoms with Gasteiger partial charge in [-0.2, -0.15) is 0 Å². The van der Waals surface area contributed by atoms with E-state index < -0.39 is 0 Å². The van der Waals surface area contributed by atoms with Gasteiger partial charge in [-0.05, 0) is 48.5 Å². The van der Waals surface area contributed by atoms with Crippen molar-refractivity contribution in [1.82, 2.24) is 4.57 Å². The molecule has 23 heavy (non-hydrogen) atoms. The average Bonchev–Trinajstić information content (AvgIpc) is 2.95. The minimum absolute atomic E-state index is 0.651. The first kappa shape index (κ1) is 13.5. The first-order chi connectivity index (χ1) is 11.3. The molecule has 0 unspecified atom stereocenters. The van der Waals surface area contributed by atoms with Crippen LogP contribution in [0.3, 0.4) is 0 Å². The molecule has 0 aliphatic heterocycles. The van der Waals surface area contributed by atoms with Crippen LogP contribution in [0.15, 0.2) is 66.7 Å². The zero-order chi connectivity index (χ0) is 15.8. The van der Waals surface area contributed by atoms with E-state index in [2.05, 4.69) is 16.7 Å². The van der Waals surface area contributed by atoms with Gasteiger partial charge in [-0.25, -0.2) is 0 Å². The van der Waals surface area contributed by atoms with Crippen LogP contribution in [-0.2, 0) is 0 Å². The van der Waals surface area contributed by atoms with Crippen LogP contribution in [0.25, 0.3) is 27.5 Å². The van der Waals surface area contributed by atoms with E-state index in [9.17, 15) is 9.59 Å². The van der Waals surface area contributed by atoms with Gasteiger partial charge < -0.3 is 4.57 Å². The molecule has 0 aliphatic carbocycles. The number of para-hydroxylation sites is 1. The Morgan fingerprint density at radius 3 is 2.04 bits per heavy atom. The lowest BCUT2D eigenvalue weighted by Crippen LogP contribution is -1.94. The van der Waals surface area contributed by atoms with E-state index >= 15 is 0 Å². The molecule has 0 amide bonds. The predicted octanol–water partition coefficient (Wildman–Crippen LogP) is 4.41. The summed E-state index contributed by atoms with van der Waals surface area (Å²) in [5, 5.41) is 2.15. The number of rotatable bonds is 3. The van der Waals surface area contributed by atoms with Crippen molar-refractivity contribution in [2.45, 2.75) is 0 Å². The first-order valence-electron chi connectivity index (χ1n) is 7.36. The minimum atomic E-state index is 0.651. The van der Waals surface area contributed by atoms with Crippen LogP contribution in [0.1, 0.15) is 20.7 Å². The monoisotopic (exact) mass is 299 g/mol. The summed E-state index contributed by atoms with van der Waals surface area (Å²) in [7, 11) is 0. The number of aldehydes is 2. The lowest BCUT2D eigenvalue weighted by atomic mass is 10.1. The molecule has 0 bridgehead atoms. The first-order valence-corrected chi connectivity index (χ1v) is 7.36. The molecule has 4 aromatic rings. The molecule has 0 spiro atoms. The van der Waals surface area contributed by atoms with Gasteiger partial charge in [-0.1, -0.05) is 18.2 Å². The molecule has 0 fully saturated rings. The van der Waals surface area contributed by atoms with E-state index in [0.29, 0.717) is 11.1 Å². The molecule has 1 aromatic heterocycles. The standard InChI is InChI=1S/C20H13NO2/c22-12-14-5-8-16(9-6-14)21-19-4-2-1-3-17(19)18-11-15(13-23)7-10-20(18)21/h1-13H. The number of nitrogens with zero attached hydrogens (tertiary/aromatic N) is 1. The SMILES string of the molecule is O=Cc1ccc(-n2c3ccccc3c3cc(C=O)ccc32)cc1. The number of benzene rings is 3. The molecule has 3 aromatic carbocycles. The second-order valence-corrected chi connectivity index (χ2v) is 5.46. The van der Waals surface area contributed by atoms with E-state index in [1.54, 1.807) is 0 Å². The highest BCUT2D eigenvalue weighted by Crippen LogP contribution is 2.32. The van der Waals surface area contributed by atoms with Crippen molar-refractivity contribution in [3.8, 4) is 5.69 Å². The number of carbonyl (C=O) groups excluding carboxylic acids is 2. The Hall–Kier alpha value is -3.20. The van der Waals surface area contributed by atoms with Gasteiger partial charge in [0.2, 0.25) is 0 Å². The number of fused-ring (bicyclic) bond motifs is 3. The van der Waals surface area contributed by atoms with E-state index in [1.165, 1.54) is 0 Å². The fourth-order valence-corrected chi connectivity index (χ4v) is 3.04. The van der Waals surface area contributed by atoms with Crippen molar-refractivity contribution in [3.05, 3.63) is 77.9 Å². The molecule has 0 atom stereocenters. The van der Waals surface area contributed by atoms with Crippen molar-refractivity contribution in [1.29, 1.82) is 0 Å². The topological polar surface area (TPSA) is 39.1 Å². The zero-order valence-corrected chi connectivity index (χ0v) is 12.3. The summed E-state index contributed by atoms with van der Waals surface area (Å²) in [6, 6.07) is 21.3. The Balaban J connectivity index is 2.10. The van der Waals surface area contributed by atoms with Gasteiger partial charge in [0, 0.05) is 27.6 Å². The fourth-order valence-electron chi connectivity index (χ4n) is 3.04. The molecule has 0 aliphatic rings. The highest BCUT2D eigenvalue weighted by atomic mass is 16.1. The van der Waals surface area contributed by atoms with Crippen LogP contribution in [0.5, 0.6) is 0 Å². The van der Waals surface area contributed by atoms with Crippen molar-refractivity contribution in [2.75, 3.05) is 0 Å². The molecule has 4 rings (SSSR count). The molecule has 0 radical (unpaired) electrons. The van der Waals surface area contributed by atoms with Gasteiger partial charge in [0.1, 0.15) is 12.6 Å². The maximum absolute atomic E-state index is 11.1. The van der Waals surface area contributed by atoms with Gasteiger partial charge in [-0.3, -0.25) is 9.59 Å². The maximum Gasteiger partial charge on any atom is 0.150 e. The van der Waals surface area contributed by atoms with Crippen molar-refractivity contribution < 1.29 is 9.59 Å². The minimum Gasteiger partial charge on any atom is -0.309 e. The molecule has 1 heterocycles. The van der Waals surface area contributed by atoms with Gasteiger partial charge in [0.05, 0.1) is 11.0 Å². The summed E-state index contributed by atoms with van der Waals surface area (Å²) in [5.74, 6) is 0. The van der Waals surface area contributed by atoms with Crippen molar-refractivity contribution >= 4 is 34.4 Å². The highest BCUT2D eigenvalue weighted by Gasteiger charge is 2.12. The number of hydrogen-bond donors (Lipinski definition) is 0. The molecule has 3 nitrogen and oxygen atoms in total. The molecule has 0 N–H and O–H groups in total. The number of carbonyl (C=O) groups is 2. The quantitative estimate of drug-likeness (QED) is 0.526. The second kappa shape index (κ2) is 5.21. The summed E-state index contributed by atoms with van der Waals surface area (Å²) < 4.78 is 2.15. The summed E-state index contributed by atoms with van der Waals surface area (Å²) >= 11 is 0. The molecule has 0 saturated carbocycles. The number of aromatic nitrogens is 1. The van der Waals surface area contributed by atoms with Crippen molar-refractivity contribution in [3.63, 3.8) is 0 Å². The van der Waals surface area contributed by atoms with Crippen LogP contribution in [0.4, 0.5) is 0 Å². The van der Waals surface area contributed by atoms with Gasteiger partial charge in [-0.15, -0.1) is 0 Å². The van der Waals surface area contributed by atoms with E-state index in [-0.39, 0.29) is 0 Å². The lowest BCUT2D eigenvalue weighted by Gasteiger charge is -2.07. The predicted molar refractivity (Wildman–Crippen MR) is 91.6 cm³/mol. The third-order valence-corrected chi connectivity index (χ3v) is 4.12. The summed E-state index contributed by atoms with van der Waals surface area (Å²) in [4.78, 5) is 22.0. The van der Waals surface area contributed by atoms with E-state index in [1.807, 2.05) is 54.6 Å². The van der Waals surface area contributed by atoms with Crippen molar-refractivity contribution in [2.24, 2.45) is 0 Å². The van der Waals surface area contributed by atoms with Crippen LogP contribution in [0, 0.1) is 0 Å². The summed E-state index contributed by atoms with van der Waals surface area (Å²) in [6.07, 6.45) is 1.70. The maximum atomic E-state index is 11.1. The largest absolute Gasteiger partial charge is 0.309 e. The Bertz CT molecular complexity index is 1040. The van der Waals surface area contributed by atoms with Crippen LogP contribution in [-0.4, -0.2) is 17.1 Å². The zero-order valence-electron chi connectivity index (χ0n) is 12.3. The Morgan fingerprint density at radius 1 is 0.652 bits per heavy atom. The van der Waals surface area contributed by atoms with Gasteiger partial charge in [0.15, 0.2) is 0 Å². The smallest absolute Gasteiger partial charge is 0.150 e. The van der Waals surface area contributed by atoms with E-state index in [4.69, 9.17) is 0 Å². The highest BCUT2D eigenvalue weighted by molar-refractivity contribution is 6.10. The molecular formula is C20H13NO2. The van der Waals surface area contributed by atoms with Gasteiger partial charge >= 0.3 is 0 Å². The number of hydrogen-bond acceptors (Lipinski definition) is 2. The Kier molecular flexibility index (Phi) is 3.05. The summed E-state index contributed by atoms with van der Waals surface area (Å²) in [5.41, 5.74) is 4.41. The van der Waals surface area contributed by atoms with E-state index in [0.717, 1.165) is 40.1 Å². The normalized spacial score (nSPS) is 11.0. The lowest BCUT2D eigenvalue weighted by molar-refractivity contribution is 0.111. The third-order valence-electron chi connectivity index (χ3n) is 4.12. The fraction of sp³-hybridized carbons (Fsp3) is 0. The molecule has 0 saturated heterocycles. The molecule has 110 valence electrons. The van der Waals surface area contributed by atoms with Crippen LogP contribution < -0.4 is 0 Å². The third kappa shape index (κ3) is 2.06. The van der Waals surface area contributed by atoms with Gasteiger partial charge in [0.25, 0.3) is 0 Å². The van der Waals surface area contributed by atoms with Crippen LogP contribution >= 0.6 is 0 Å². The molecule has 3 heteroatoms.